The topological polar surface area (TPSA) is 111 Å². The molecule has 1 rings (SSSR count). The Hall–Kier alpha value is -2.72. The fourth-order valence-corrected chi connectivity index (χ4v) is 1.82. The lowest BCUT2D eigenvalue weighted by atomic mass is 10.0. The maximum atomic E-state index is 11.8. The summed E-state index contributed by atoms with van der Waals surface area (Å²) in [6.45, 7) is -0.405. The van der Waals surface area contributed by atoms with Crippen molar-refractivity contribution in [3.63, 3.8) is 0 Å². The van der Waals surface area contributed by atoms with E-state index in [1.807, 2.05) is 0 Å². The molecule has 7 nitrogen and oxygen atoms in total. The maximum absolute atomic E-state index is 11.8. The summed E-state index contributed by atoms with van der Waals surface area (Å²) >= 11 is 5.79. The van der Waals surface area contributed by atoms with E-state index in [-0.39, 0.29) is 13.0 Å². The summed E-state index contributed by atoms with van der Waals surface area (Å²) in [6.07, 6.45) is 4.80. The summed E-state index contributed by atoms with van der Waals surface area (Å²) in [6, 6.07) is 5.05. The molecule has 0 saturated carbocycles. The molecule has 23 heavy (non-hydrogen) atoms. The number of nitrogens with one attached hydrogen (secondary N) is 2. The number of terminal acetylenes is 1. The molecule has 0 spiro atoms. The second-order valence-electron chi connectivity index (χ2n) is 4.46. The smallest absolute Gasteiger partial charge is 0.312 e. The van der Waals surface area contributed by atoms with Crippen LogP contribution in [0, 0.1) is 12.3 Å². The lowest BCUT2D eigenvalue weighted by Gasteiger charge is -2.17. The average molecular weight is 338 g/mol. The van der Waals surface area contributed by atoms with Crippen LogP contribution in [-0.2, 0) is 14.3 Å². The van der Waals surface area contributed by atoms with E-state index < -0.39 is 30.6 Å². The quantitative estimate of drug-likeness (QED) is 0.503. The van der Waals surface area contributed by atoms with Crippen molar-refractivity contribution in [2.24, 2.45) is 5.73 Å². The molecule has 0 saturated heterocycles. The summed E-state index contributed by atoms with van der Waals surface area (Å²) < 4.78 is 4.82. The third-order valence-electron chi connectivity index (χ3n) is 2.71. The highest BCUT2D eigenvalue weighted by Crippen LogP contribution is 2.19. The van der Waals surface area contributed by atoms with Crippen molar-refractivity contribution < 1.29 is 19.1 Å². The lowest BCUT2D eigenvalue weighted by Crippen LogP contribution is -2.35. The van der Waals surface area contributed by atoms with Gasteiger partial charge in [-0.2, -0.15) is 0 Å². The zero-order valence-corrected chi connectivity index (χ0v) is 12.9. The number of benzene rings is 1. The Kier molecular flexibility index (Phi) is 7.43. The van der Waals surface area contributed by atoms with Gasteiger partial charge in [-0.25, -0.2) is 4.79 Å². The fraction of sp³-hybridized carbons (Fsp3) is 0.267. The van der Waals surface area contributed by atoms with Crippen LogP contribution >= 0.6 is 11.6 Å². The third-order valence-corrected chi connectivity index (χ3v) is 2.96. The van der Waals surface area contributed by atoms with E-state index in [4.69, 9.17) is 28.5 Å². The Labute approximate surface area is 138 Å². The minimum absolute atomic E-state index is 0.0486. The van der Waals surface area contributed by atoms with E-state index in [9.17, 15) is 14.4 Å². The highest BCUT2D eigenvalue weighted by molar-refractivity contribution is 6.30. The van der Waals surface area contributed by atoms with Crippen LogP contribution in [0.5, 0.6) is 0 Å². The van der Waals surface area contributed by atoms with Gasteiger partial charge in [-0.1, -0.05) is 29.7 Å². The van der Waals surface area contributed by atoms with Crippen LogP contribution in [0.15, 0.2) is 24.3 Å². The van der Waals surface area contributed by atoms with Gasteiger partial charge < -0.3 is 21.1 Å². The fourth-order valence-electron chi connectivity index (χ4n) is 1.69. The van der Waals surface area contributed by atoms with Crippen molar-refractivity contribution in [1.29, 1.82) is 0 Å². The molecule has 3 amide bonds. The second kappa shape index (κ2) is 9.33. The first-order chi connectivity index (χ1) is 10.9. The van der Waals surface area contributed by atoms with Crippen molar-refractivity contribution in [1.82, 2.24) is 10.6 Å². The van der Waals surface area contributed by atoms with Crippen LogP contribution in [0.3, 0.4) is 0 Å². The van der Waals surface area contributed by atoms with Gasteiger partial charge in [0.25, 0.3) is 5.91 Å². The third kappa shape index (κ3) is 7.20. The molecule has 0 aliphatic rings. The zero-order valence-electron chi connectivity index (χ0n) is 12.2. The van der Waals surface area contributed by atoms with Crippen LogP contribution in [0.4, 0.5) is 4.79 Å². The number of amides is 3. The molecular weight excluding hydrogens is 322 g/mol. The molecule has 0 fully saturated rings. The van der Waals surface area contributed by atoms with Gasteiger partial charge in [0.15, 0.2) is 6.61 Å². The highest BCUT2D eigenvalue weighted by Gasteiger charge is 2.19. The van der Waals surface area contributed by atoms with Crippen LogP contribution in [0.25, 0.3) is 0 Å². The van der Waals surface area contributed by atoms with E-state index >= 15 is 0 Å². The van der Waals surface area contributed by atoms with Crippen LogP contribution in [0.2, 0.25) is 5.02 Å². The molecule has 0 aromatic heterocycles. The molecular formula is C15H16ClN3O4. The molecule has 0 aliphatic carbocycles. The van der Waals surface area contributed by atoms with E-state index in [1.54, 1.807) is 24.3 Å². The van der Waals surface area contributed by atoms with Gasteiger partial charge in [0.2, 0.25) is 0 Å². The van der Waals surface area contributed by atoms with E-state index in [2.05, 4.69) is 16.6 Å². The van der Waals surface area contributed by atoms with Crippen molar-refractivity contribution in [2.75, 3.05) is 13.2 Å². The Morgan fingerprint density at radius 1 is 1.30 bits per heavy atom. The SMILES string of the molecule is C#CCNC(=O)COC(=O)C[C@@H](NC(N)=O)c1ccc(Cl)cc1. The standard InChI is InChI=1S/C15H16ClN3O4/c1-2-7-18-13(20)9-23-14(21)8-12(19-15(17)22)10-3-5-11(16)6-4-10/h1,3-6,12H,7-9H2,(H,18,20)(H3,17,19,22)/t12-/m1/s1. The number of hydrogen-bond donors (Lipinski definition) is 3. The monoisotopic (exact) mass is 337 g/mol. The van der Waals surface area contributed by atoms with Gasteiger partial charge in [-0.3, -0.25) is 9.59 Å². The molecule has 1 aromatic rings. The normalized spacial score (nSPS) is 11.0. The Balaban J connectivity index is 2.61. The first kappa shape index (κ1) is 18.3. The number of hydrogen-bond acceptors (Lipinski definition) is 4. The summed E-state index contributed by atoms with van der Waals surface area (Å²) in [4.78, 5) is 34.1. The average Bonchev–Trinajstić information content (AvgIpc) is 2.50. The molecule has 8 heteroatoms. The number of halogens is 1. The minimum atomic E-state index is -0.787. The van der Waals surface area contributed by atoms with Crippen LogP contribution in [0.1, 0.15) is 18.0 Å². The number of esters is 1. The molecule has 0 bridgehead atoms. The predicted octanol–water partition coefficient (Wildman–Crippen LogP) is 0.732. The van der Waals surface area contributed by atoms with Gasteiger partial charge >= 0.3 is 12.0 Å². The Bertz CT molecular complexity index is 610. The van der Waals surface area contributed by atoms with Crippen molar-refractivity contribution >= 4 is 29.5 Å². The molecule has 0 heterocycles. The predicted molar refractivity (Wildman–Crippen MR) is 84.3 cm³/mol. The molecule has 122 valence electrons. The summed E-state index contributed by atoms with van der Waals surface area (Å²) in [5, 5.41) is 5.30. The molecule has 4 N–H and O–H groups in total. The van der Waals surface area contributed by atoms with Crippen molar-refractivity contribution in [3.05, 3.63) is 34.9 Å². The Morgan fingerprint density at radius 2 is 1.96 bits per heavy atom. The van der Waals surface area contributed by atoms with E-state index in [1.165, 1.54) is 0 Å². The van der Waals surface area contributed by atoms with E-state index in [0.717, 1.165) is 0 Å². The first-order valence-electron chi connectivity index (χ1n) is 6.59. The van der Waals surface area contributed by atoms with Crippen molar-refractivity contribution in [3.8, 4) is 12.3 Å². The number of rotatable bonds is 7. The van der Waals surface area contributed by atoms with Gasteiger partial charge in [0.1, 0.15) is 0 Å². The number of nitrogens with two attached hydrogens (primary N) is 1. The number of urea groups is 1. The summed E-state index contributed by atoms with van der Waals surface area (Å²) in [5.41, 5.74) is 5.73. The largest absolute Gasteiger partial charge is 0.456 e. The summed E-state index contributed by atoms with van der Waals surface area (Å²) in [7, 11) is 0. The number of ether oxygens (including phenoxy) is 1. The molecule has 0 unspecified atom stereocenters. The van der Waals surface area contributed by atoms with Gasteiger partial charge in [-0.15, -0.1) is 6.42 Å². The maximum Gasteiger partial charge on any atom is 0.312 e. The number of primary amides is 1. The zero-order chi connectivity index (χ0) is 17.2. The number of carbonyl (C=O) groups is 3. The van der Waals surface area contributed by atoms with Crippen LogP contribution < -0.4 is 16.4 Å². The van der Waals surface area contributed by atoms with Gasteiger partial charge in [0.05, 0.1) is 19.0 Å². The molecule has 0 radical (unpaired) electrons. The van der Waals surface area contributed by atoms with E-state index in [0.29, 0.717) is 10.6 Å². The highest BCUT2D eigenvalue weighted by atomic mass is 35.5. The first-order valence-corrected chi connectivity index (χ1v) is 6.97. The van der Waals surface area contributed by atoms with Gasteiger partial charge in [-0.05, 0) is 17.7 Å². The van der Waals surface area contributed by atoms with Crippen molar-refractivity contribution in [2.45, 2.75) is 12.5 Å². The second-order valence-corrected chi connectivity index (χ2v) is 4.89. The lowest BCUT2D eigenvalue weighted by molar-refractivity contribution is -0.148. The molecule has 1 atom stereocenters. The summed E-state index contributed by atoms with van der Waals surface area (Å²) in [5.74, 6) is 1.04. The molecule has 0 aliphatic heterocycles. The molecule has 1 aromatic carbocycles. The van der Waals surface area contributed by atoms with Crippen LogP contribution in [-0.4, -0.2) is 31.1 Å². The number of carbonyl (C=O) groups excluding carboxylic acids is 3. The minimum Gasteiger partial charge on any atom is -0.456 e. The van der Waals surface area contributed by atoms with Gasteiger partial charge in [0, 0.05) is 5.02 Å². The Morgan fingerprint density at radius 3 is 2.52 bits per heavy atom.